The van der Waals surface area contributed by atoms with Crippen LogP contribution in [-0.4, -0.2) is 32.0 Å². The van der Waals surface area contributed by atoms with E-state index >= 15 is 0 Å². The summed E-state index contributed by atoms with van der Waals surface area (Å²) in [6.07, 6.45) is 0. The second-order valence-electron chi connectivity index (χ2n) is 6.11. The van der Waals surface area contributed by atoms with Crippen LogP contribution in [0.1, 0.15) is 34.5 Å². The average molecular weight is 391 g/mol. The molecule has 27 heavy (non-hydrogen) atoms. The summed E-state index contributed by atoms with van der Waals surface area (Å²) in [7, 11) is 1.65. The summed E-state index contributed by atoms with van der Waals surface area (Å²) in [4.78, 5) is 16.2. The Morgan fingerprint density at radius 2 is 1.89 bits per heavy atom. The molecule has 2 rings (SSSR count). The van der Waals surface area contributed by atoms with Crippen molar-refractivity contribution >= 4 is 23.5 Å². The van der Waals surface area contributed by atoms with Gasteiger partial charge in [-0.1, -0.05) is 35.9 Å². The first-order chi connectivity index (χ1) is 12.9. The minimum Gasteiger partial charge on any atom is -0.355 e. The summed E-state index contributed by atoms with van der Waals surface area (Å²) < 4.78 is 13.7. The molecule has 2 aromatic rings. The Labute approximate surface area is 164 Å². The Kier molecular flexibility index (Phi) is 7.61. The van der Waals surface area contributed by atoms with Crippen LogP contribution in [0.2, 0.25) is 5.02 Å². The van der Waals surface area contributed by atoms with Crippen molar-refractivity contribution in [2.45, 2.75) is 19.9 Å². The first-order valence-electron chi connectivity index (χ1n) is 8.68. The third kappa shape index (κ3) is 5.96. The van der Waals surface area contributed by atoms with Gasteiger partial charge in [0.05, 0.1) is 16.6 Å². The lowest BCUT2D eigenvalue weighted by Crippen LogP contribution is -2.42. The van der Waals surface area contributed by atoms with Crippen LogP contribution in [0, 0.1) is 12.7 Å². The normalized spacial score (nSPS) is 12.4. The number of nitrogens with one attached hydrogen (secondary N) is 3. The molecular weight excluding hydrogens is 367 g/mol. The van der Waals surface area contributed by atoms with E-state index in [9.17, 15) is 9.18 Å². The highest BCUT2D eigenvalue weighted by Crippen LogP contribution is 2.16. The van der Waals surface area contributed by atoms with E-state index in [4.69, 9.17) is 11.6 Å². The molecule has 1 unspecified atom stereocenters. The van der Waals surface area contributed by atoms with Crippen molar-refractivity contribution < 1.29 is 9.18 Å². The van der Waals surface area contributed by atoms with Gasteiger partial charge in [-0.05, 0) is 43.2 Å². The Hall–Kier alpha value is -2.60. The molecule has 0 fully saturated rings. The molecular formula is C20H24ClFN4O. The minimum absolute atomic E-state index is 0.121. The molecule has 7 heteroatoms. The molecule has 1 amide bonds. The van der Waals surface area contributed by atoms with Crippen LogP contribution in [0.15, 0.2) is 47.5 Å². The molecule has 0 heterocycles. The first-order valence-corrected chi connectivity index (χ1v) is 9.06. The van der Waals surface area contributed by atoms with E-state index in [1.54, 1.807) is 44.3 Å². The quantitative estimate of drug-likeness (QED) is 0.402. The van der Waals surface area contributed by atoms with Gasteiger partial charge in [0.15, 0.2) is 5.96 Å². The molecule has 0 bridgehead atoms. The van der Waals surface area contributed by atoms with Crippen LogP contribution in [-0.2, 0) is 0 Å². The largest absolute Gasteiger partial charge is 0.355 e. The average Bonchev–Trinajstić information content (AvgIpc) is 2.66. The molecule has 0 radical (unpaired) electrons. The molecule has 3 N–H and O–H groups in total. The number of aryl methyl sites for hydroxylation is 1. The predicted molar refractivity (Wildman–Crippen MR) is 108 cm³/mol. The molecule has 0 aromatic heterocycles. The maximum atomic E-state index is 13.7. The smallest absolute Gasteiger partial charge is 0.252 e. The number of halogens is 2. The zero-order chi connectivity index (χ0) is 19.8. The number of hydrogen-bond acceptors (Lipinski definition) is 2. The molecule has 0 aliphatic carbocycles. The summed E-state index contributed by atoms with van der Waals surface area (Å²) in [5.74, 6) is 0.107. The van der Waals surface area contributed by atoms with Crippen molar-refractivity contribution in [3.8, 4) is 0 Å². The Bertz CT molecular complexity index is 825. The number of nitrogens with zero attached hydrogens (tertiary/aromatic N) is 1. The van der Waals surface area contributed by atoms with Crippen molar-refractivity contribution in [2.24, 2.45) is 4.99 Å². The van der Waals surface area contributed by atoms with Crippen molar-refractivity contribution in [3.05, 3.63) is 70.0 Å². The second kappa shape index (κ2) is 9.92. The van der Waals surface area contributed by atoms with Crippen molar-refractivity contribution in [1.29, 1.82) is 0 Å². The van der Waals surface area contributed by atoms with Gasteiger partial charge < -0.3 is 16.0 Å². The van der Waals surface area contributed by atoms with Crippen LogP contribution in [0.3, 0.4) is 0 Å². The van der Waals surface area contributed by atoms with Crippen molar-refractivity contribution in [3.63, 3.8) is 0 Å². The molecule has 0 spiro atoms. The van der Waals surface area contributed by atoms with Crippen LogP contribution in [0.4, 0.5) is 4.39 Å². The molecule has 2 aromatic carbocycles. The molecule has 0 saturated carbocycles. The van der Waals surface area contributed by atoms with Crippen LogP contribution >= 0.6 is 11.6 Å². The number of carbonyl (C=O) groups excluding carboxylic acids is 1. The summed E-state index contributed by atoms with van der Waals surface area (Å²) >= 11 is 6.01. The lowest BCUT2D eigenvalue weighted by molar-refractivity contribution is 0.0954. The summed E-state index contributed by atoms with van der Waals surface area (Å²) in [5.41, 5.74) is 1.88. The predicted octanol–water partition coefficient (Wildman–Crippen LogP) is 3.44. The van der Waals surface area contributed by atoms with E-state index in [0.29, 0.717) is 35.2 Å². The standard InChI is InChI=1S/C20H24ClFN4O/c1-13-8-9-15(12-18(13)22)14(2)26-20(23-3)25-11-10-24-19(27)16-6-4-5-7-17(16)21/h4-9,12,14H,10-11H2,1-3H3,(H,24,27)(H2,23,25,26). The van der Waals surface area contributed by atoms with E-state index in [0.717, 1.165) is 5.56 Å². The fourth-order valence-corrected chi connectivity index (χ4v) is 2.68. The summed E-state index contributed by atoms with van der Waals surface area (Å²) in [5, 5.41) is 9.53. The van der Waals surface area contributed by atoms with Crippen LogP contribution < -0.4 is 16.0 Å². The third-order valence-corrected chi connectivity index (χ3v) is 4.42. The lowest BCUT2D eigenvalue weighted by atomic mass is 10.1. The van der Waals surface area contributed by atoms with Crippen molar-refractivity contribution in [2.75, 3.05) is 20.1 Å². The zero-order valence-electron chi connectivity index (χ0n) is 15.6. The third-order valence-electron chi connectivity index (χ3n) is 4.09. The molecule has 5 nitrogen and oxygen atoms in total. The lowest BCUT2D eigenvalue weighted by Gasteiger charge is -2.19. The molecule has 0 saturated heterocycles. The van der Waals surface area contributed by atoms with E-state index < -0.39 is 0 Å². The zero-order valence-corrected chi connectivity index (χ0v) is 16.4. The van der Waals surface area contributed by atoms with Crippen LogP contribution in [0.25, 0.3) is 0 Å². The number of carbonyl (C=O) groups is 1. The number of aliphatic imine (C=N–C) groups is 1. The van der Waals surface area contributed by atoms with Crippen molar-refractivity contribution in [1.82, 2.24) is 16.0 Å². The molecule has 0 aliphatic heterocycles. The maximum absolute atomic E-state index is 13.7. The van der Waals surface area contributed by atoms with Gasteiger partial charge in [0.2, 0.25) is 0 Å². The van der Waals surface area contributed by atoms with Crippen LogP contribution in [0.5, 0.6) is 0 Å². The Morgan fingerprint density at radius 3 is 2.56 bits per heavy atom. The van der Waals surface area contributed by atoms with Gasteiger partial charge >= 0.3 is 0 Å². The van der Waals surface area contributed by atoms with E-state index in [1.165, 1.54) is 6.07 Å². The summed E-state index contributed by atoms with van der Waals surface area (Å²) in [6, 6.07) is 11.9. The molecule has 1 atom stereocenters. The van der Waals surface area contributed by atoms with Gasteiger partial charge in [0.25, 0.3) is 5.91 Å². The number of amides is 1. The van der Waals surface area contributed by atoms with E-state index in [2.05, 4.69) is 20.9 Å². The fraction of sp³-hybridized carbons (Fsp3) is 0.300. The van der Waals surface area contributed by atoms with Gasteiger partial charge in [-0.15, -0.1) is 0 Å². The number of rotatable bonds is 6. The highest BCUT2D eigenvalue weighted by Gasteiger charge is 2.11. The van der Waals surface area contributed by atoms with Gasteiger partial charge in [0.1, 0.15) is 5.82 Å². The monoisotopic (exact) mass is 390 g/mol. The second-order valence-corrected chi connectivity index (χ2v) is 6.52. The van der Waals surface area contributed by atoms with E-state index in [1.807, 2.05) is 13.0 Å². The SMILES string of the molecule is CN=C(NCCNC(=O)c1ccccc1Cl)NC(C)c1ccc(C)c(F)c1. The molecule has 0 aliphatic rings. The number of hydrogen-bond donors (Lipinski definition) is 3. The summed E-state index contributed by atoms with van der Waals surface area (Å²) in [6.45, 7) is 4.54. The van der Waals surface area contributed by atoms with Gasteiger partial charge in [-0.3, -0.25) is 9.79 Å². The van der Waals surface area contributed by atoms with E-state index in [-0.39, 0.29) is 17.8 Å². The maximum Gasteiger partial charge on any atom is 0.252 e. The Morgan fingerprint density at radius 1 is 1.19 bits per heavy atom. The van der Waals surface area contributed by atoms with Gasteiger partial charge in [0, 0.05) is 20.1 Å². The van der Waals surface area contributed by atoms with Gasteiger partial charge in [-0.25, -0.2) is 4.39 Å². The minimum atomic E-state index is -0.230. The topological polar surface area (TPSA) is 65.5 Å². The van der Waals surface area contributed by atoms with Gasteiger partial charge in [-0.2, -0.15) is 0 Å². The Balaban J connectivity index is 1.81. The number of guanidine groups is 1. The number of benzene rings is 2. The highest BCUT2D eigenvalue weighted by molar-refractivity contribution is 6.33. The fourth-order valence-electron chi connectivity index (χ4n) is 2.46. The highest BCUT2D eigenvalue weighted by atomic mass is 35.5. The molecule has 144 valence electrons. The first kappa shape index (κ1) is 20.7.